The largest absolute Gasteiger partial charge is 0.393 e. The third kappa shape index (κ3) is 2.58. The van der Waals surface area contributed by atoms with Gasteiger partial charge in [-0.3, -0.25) is 0 Å². The van der Waals surface area contributed by atoms with E-state index in [1.165, 1.54) is 11.1 Å². The molecule has 0 bridgehead atoms. The third-order valence-electron chi connectivity index (χ3n) is 3.29. The molecule has 0 aromatic heterocycles. The van der Waals surface area contributed by atoms with Gasteiger partial charge in [0.25, 0.3) is 0 Å². The Balaban J connectivity index is 2.03. The van der Waals surface area contributed by atoms with Gasteiger partial charge in [-0.05, 0) is 49.3 Å². The van der Waals surface area contributed by atoms with Crippen molar-refractivity contribution in [1.29, 1.82) is 0 Å². The lowest BCUT2D eigenvalue weighted by Gasteiger charge is -2.10. The molecule has 1 aromatic rings. The van der Waals surface area contributed by atoms with Crippen molar-refractivity contribution in [2.75, 3.05) is 6.54 Å². The fraction of sp³-hybridized carbons (Fsp3) is 0.538. The molecule has 82 valence electrons. The Kier molecular flexibility index (Phi) is 3.39. The second-order valence-corrected chi connectivity index (χ2v) is 4.44. The van der Waals surface area contributed by atoms with Gasteiger partial charge in [-0.15, -0.1) is 0 Å². The van der Waals surface area contributed by atoms with Crippen LogP contribution in [0, 0.1) is 0 Å². The van der Waals surface area contributed by atoms with Gasteiger partial charge in [0.05, 0.1) is 6.10 Å². The van der Waals surface area contributed by atoms with E-state index in [1.807, 2.05) is 0 Å². The number of rotatable bonds is 3. The van der Waals surface area contributed by atoms with Gasteiger partial charge in [0.2, 0.25) is 0 Å². The number of hydrogen-bond donors (Lipinski definition) is 2. The normalized spacial score (nSPS) is 25.7. The first kappa shape index (κ1) is 10.7. The molecule has 1 saturated carbocycles. The molecule has 2 unspecified atom stereocenters. The molecule has 2 atom stereocenters. The summed E-state index contributed by atoms with van der Waals surface area (Å²) < 4.78 is 0. The molecule has 2 heteroatoms. The zero-order valence-electron chi connectivity index (χ0n) is 9.02. The van der Waals surface area contributed by atoms with Crippen molar-refractivity contribution in [2.24, 2.45) is 5.73 Å². The quantitative estimate of drug-likeness (QED) is 0.790. The van der Waals surface area contributed by atoms with Gasteiger partial charge in [-0.25, -0.2) is 0 Å². The summed E-state index contributed by atoms with van der Waals surface area (Å²) in [4.78, 5) is 0. The molecule has 1 aromatic carbocycles. The molecule has 2 rings (SSSR count). The van der Waals surface area contributed by atoms with Crippen molar-refractivity contribution >= 4 is 0 Å². The van der Waals surface area contributed by atoms with Crippen LogP contribution in [0.3, 0.4) is 0 Å². The Morgan fingerprint density at radius 3 is 2.47 bits per heavy atom. The maximum Gasteiger partial charge on any atom is 0.0546 e. The van der Waals surface area contributed by atoms with E-state index in [4.69, 9.17) is 5.73 Å². The van der Waals surface area contributed by atoms with Gasteiger partial charge in [-0.2, -0.15) is 0 Å². The van der Waals surface area contributed by atoms with Crippen LogP contribution in [-0.4, -0.2) is 17.8 Å². The van der Waals surface area contributed by atoms with Gasteiger partial charge in [0, 0.05) is 0 Å². The average molecular weight is 205 g/mol. The SMILES string of the molecule is NCCc1ccc(C2CCC(O)C2)cc1. The highest BCUT2D eigenvalue weighted by atomic mass is 16.3. The predicted molar refractivity (Wildman–Crippen MR) is 61.8 cm³/mol. The van der Waals surface area contributed by atoms with Crippen LogP contribution in [0.4, 0.5) is 0 Å². The standard InChI is InChI=1S/C13H19NO/c14-8-7-10-1-3-11(4-2-10)12-5-6-13(15)9-12/h1-4,12-13,15H,5-9,14H2. The summed E-state index contributed by atoms with van der Waals surface area (Å²) in [5, 5.41) is 9.48. The smallest absolute Gasteiger partial charge is 0.0546 e. The van der Waals surface area contributed by atoms with Crippen molar-refractivity contribution in [2.45, 2.75) is 37.7 Å². The fourth-order valence-electron chi connectivity index (χ4n) is 2.38. The van der Waals surface area contributed by atoms with E-state index in [2.05, 4.69) is 24.3 Å². The highest BCUT2D eigenvalue weighted by molar-refractivity contribution is 5.26. The van der Waals surface area contributed by atoms with Crippen LogP contribution in [0.25, 0.3) is 0 Å². The van der Waals surface area contributed by atoms with E-state index in [0.29, 0.717) is 12.5 Å². The molecule has 0 saturated heterocycles. The van der Waals surface area contributed by atoms with E-state index in [1.54, 1.807) is 0 Å². The van der Waals surface area contributed by atoms with Crippen LogP contribution in [0.15, 0.2) is 24.3 Å². The van der Waals surface area contributed by atoms with E-state index < -0.39 is 0 Å². The highest BCUT2D eigenvalue weighted by Crippen LogP contribution is 2.34. The average Bonchev–Trinajstić information content (AvgIpc) is 2.67. The number of aliphatic hydroxyl groups is 1. The minimum Gasteiger partial charge on any atom is -0.393 e. The molecule has 1 aliphatic carbocycles. The number of nitrogens with two attached hydrogens (primary N) is 1. The van der Waals surface area contributed by atoms with Crippen LogP contribution in [0.5, 0.6) is 0 Å². The Bertz CT molecular complexity index is 307. The van der Waals surface area contributed by atoms with E-state index in [0.717, 1.165) is 25.7 Å². The highest BCUT2D eigenvalue weighted by Gasteiger charge is 2.23. The predicted octanol–water partition coefficient (Wildman–Crippen LogP) is 1.82. The van der Waals surface area contributed by atoms with Gasteiger partial charge in [0.1, 0.15) is 0 Å². The van der Waals surface area contributed by atoms with Crippen LogP contribution in [0.1, 0.15) is 36.3 Å². The van der Waals surface area contributed by atoms with Gasteiger partial charge >= 0.3 is 0 Å². The molecule has 0 radical (unpaired) electrons. The lowest BCUT2D eigenvalue weighted by atomic mass is 9.96. The van der Waals surface area contributed by atoms with Gasteiger partial charge in [0.15, 0.2) is 0 Å². The second kappa shape index (κ2) is 4.77. The van der Waals surface area contributed by atoms with Crippen LogP contribution in [-0.2, 0) is 6.42 Å². The Morgan fingerprint density at radius 2 is 1.93 bits per heavy atom. The van der Waals surface area contributed by atoms with Crippen molar-refractivity contribution in [1.82, 2.24) is 0 Å². The number of benzene rings is 1. The Morgan fingerprint density at radius 1 is 1.20 bits per heavy atom. The molecule has 0 spiro atoms. The molecule has 2 nitrogen and oxygen atoms in total. The molecule has 0 aliphatic heterocycles. The fourth-order valence-corrected chi connectivity index (χ4v) is 2.38. The minimum absolute atomic E-state index is 0.0845. The van der Waals surface area contributed by atoms with Crippen molar-refractivity contribution in [3.05, 3.63) is 35.4 Å². The lowest BCUT2D eigenvalue weighted by molar-refractivity contribution is 0.181. The molecular weight excluding hydrogens is 186 g/mol. The van der Waals surface area contributed by atoms with Crippen molar-refractivity contribution in [3.8, 4) is 0 Å². The molecule has 3 N–H and O–H groups in total. The Labute approximate surface area is 91.1 Å². The first-order valence-electron chi connectivity index (χ1n) is 5.76. The summed E-state index contributed by atoms with van der Waals surface area (Å²) in [6.45, 7) is 0.710. The minimum atomic E-state index is -0.0845. The van der Waals surface area contributed by atoms with Crippen LogP contribution >= 0.6 is 0 Å². The summed E-state index contributed by atoms with van der Waals surface area (Å²) in [6, 6.07) is 8.70. The lowest BCUT2D eigenvalue weighted by Crippen LogP contribution is -2.03. The topological polar surface area (TPSA) is 46.2 Å². The number of hydrogen-bond acceptors (Lipinski definition) is 2. The Hall–Kier alpha value is -0.860. The second-order valence-electron chi connectivity index (χ2n) is 4.44. The molecular formula is C13H19NO. The monoisotopic (exact) mass is 205 g/mol. The molecule has 1 fully saturated rings. The molecule has 15 heavy (non-hydrogen) atoms. The van der Waals surface area contributed by atoms with E-state index >= 15 is 0 Å². The third-order valence-corrected chi connectivity index (χ3v) is 3.29. The summed E-state index contributed by atoms with van der Waals surface area (Å²) in [5.74, 6) is 0.562. The van der Waals surface area contributed by atoms with Gasteiger partial charge < -0.3 is 10.8 Å². The molecule has 1 aliphatic rings. The van der Waals surface area contributed by atoms with E-state index in [9.17, 15) is 5.11 Å². The van der Waals surface area contributed by atoms with Crippen LogP contribution < -0.4 is 5.73 Å². The zero-order chi connectivity index (χ0) is 10.7. The first-order valence-corrected chi connectivity index (χ1v) is 5.76. The summed E-state index contributed by atoms with van der Waals surface area (Å²) in [5.41, 5.74) is 8.18. The van der Waals surface area contributed by atoms with Gasteiger partial charge in [-0.1, -0.05) is 24.3 Å². The van der Waals surface area contributed by atoms with Crippen LogP contribution in [0.2, 0.25) is 0 Å². The van der Waals surface area contributed by atoms with E-state index in [-0.39, 0.29) is 6.10 Å². The maximum atomic E-state index is 9.48. The molecule has 0 amide bonds. The summed E-state index contributed by atoms with van der Waals surface area (Å²) in [7, 11) is 0. The first-order chi connectivity index (χ1) is 7.29. The zero-order valence-corrected chi connectivity index (χ0v) is 9.02. The summed E-state index contributed by atoms with van der Waals surface area (Å²) in [6.07, 6.45) is 3.87. The van der Waals surface area contributed by atoms with Crippen molar-refractivity contribution < 1.29 is 5.11 Å². The number of aliphatic hydroxyl groups excluding tert-OH is 1. The van der Waals surface area contributed by atoms with Crippen molar-refractivity contribution in [3.63, 3.8) is 0 Å². The summed E-state index contributed by atoms with van der Waals surface area (Å²) >= 11 is 0. The molecule has 0 heterocycles. The maximum absolute atomic E-state index is 9.48.